The van der Waals surface area contributed by atoms with Gasteiger partial charge in [0.2, 0.25) is 11.8 Å². The maximum Gasteiger partial charge on any atom is 0.244 e. The third-order valence-electron chi connectivity index (χ3n) is 5.50. The lowest BCUT2D eigenvalue weighted by Crippen LogP contribution is -2.52. The maximum absolute atomic E-state index is 13.0. The van der Waals surface area contributed by atoms with E-state index in [0.717, 1.165) is 48.9 Å². The molecule has 6 heteroatoms. The van der Waals surface area contributed by atoms with Crippen molar-refractivity contribution in [3.05, 3.63) is 54.4 Å². The molecule has 4 rings (SSSR count). The number of carbonyl (C=O) groups excluding carboxylic acids is 1. The molecule has 30 heavy (non-hydrogen) atoms. The van der Waals surface area contributed by atoms with E-state index in [1.165, 1.54) is 5.69 Å². The van der Waals surface area contributed by atoms with Gasteiger partial charge in [0.15, 0.2) is 5.58 Å². The van der Waals surface area contributed by atoms with Crippen LogP contribution in [-0.2, 0) is 10.2 Å². The van der Waals surface area contributed by atoms with Crippen molar-refractivity contribution in [1.29, 1.82) is 0 Å². The number of oxazole rings is 1. The summed E-state index contributed by atoms with van der Waals surface area (Å²) in [5, 5.41) is 3.34. The third kappa shape index (κ3) is 4.27. The van der Waals surface area contributed by atoms with E-state index in [0.29, 0.717) is 0 Å². The molecule has 0 radical (unpaired) electrons. The fourth-order valence-electron chi connectivity index (χ4n) is 3.75. The van der Waals surface area contributed by atoms with Crippen LogP contribution in [0.4, 0.5) is 11.4 Å². The quantitative estimate of drug-likeness (QED) is 0.701. The zero-order valence-corrected chi connectivity index (χ0v) is 18.2. The monoisotopic (exact) mass is 406 g/mol. The first-order chi connectivity index (χ1) is 14.3. The summed E-state index contributed by atoms with van der Waals surface area (Å²) in [6.45, 7) is 11.3. The lowest BCUT2D eigenvalue weighted by atomic mass is 9.97. The highest BCUT2D eigenvalue weighted by atomic mass is 16.3. The molecule has 0 bridgehead atoms. The third-order valence-corrected chi connectivity index (χ3v) is 5.50. The van der Waals surface area contributed by atoms with E-state index in [1.807, 2.05) is 36.1 Å². The van der Waals surface area contributed by atoms with Gasteiger partial charge in [0.1, 0.15) is 11.6 Å². The van der Waals surface area contributed by atoms with E-state index in [9.17, 15) is 4.79 Å². The van der Waals surface area contributed by atoms with E-state index in [2.05, 4.69) is 60.2 Å². The van der Waals surface area contributed by atoms with Gasteiger partial charge in [0, 0.05) is 43.0 Å². The van der Waals surface area contributed by atoms with Crippen molar-refractivity contribution in [3.63, 3.8) is 0 Å². The van der Waals surface area contributed by atoms with Crippen LogP contribution in [0.15, 0.2) is 52.9 Å². The van der Waals surface area contributed by atoms with Crippen LogP contribution < -0.4 is 10.2 Å². The number of nitrogens with one attached hydrogen (secondary N) is 1. The number of anilines is 2. The number of nitrogens with zero attached hydrogens (tertiary/aromatic N) is 3. The Morgan fingerprint density at radius 1 is 1.07 bits per heavy atom. The van der Waals surface area contributed by atoms with Gasteiger partial charge in [-0.1, -0.05) is 39.0 Å². The van der Waals surface area contributed by atoms with Crippen molar-refractivity contribution in [2.45, 2.75) is 39.2 Å². The first kappa shape index (κ1) is 20.3. The van der Waals surface area contributed by atoms with Crippen LogP contribution in [0.3, 0.4) is 0 Å². The zero-order chi connectivity index (χ0) is 21.3. The second-order valence-corrected chi connectivity index (χ2v) is 8.97. The number of aromatic nitrogens is 1. The number of rotatable bonds is 4. The van der Waals surface area contributed by atoms with Gasteiger partial charge in [0.05, 0.1) is 0 Å². The summed E-state index contributed by atoms with van der Waals surface area (Å²) >= 11 is 0. The molecule has 0 unspecified atom stereocenters. The molecule has 1 atom stereocenters. The normalized spacial score (nSPS) is 16.0. The van der Waals surface area contributed by atoms with Crippen molar-refractivity contribution >= 4 is 28.4 Å². The van der Waals surface area contributed by atoms with E-state index in [4.69, 9.17) is 4.42 Å². The van der Waals surface area contributed by atoms with Gasteiger partial charge in [-0.2, -0.15) is 0 Å². The highest BCUT2D eigenvalue weighted by Gasteiger charge is 2.25. The van der Waals surface area contributed by atoms with Crippen molar-refractivity contribution in [2.24, 2.45) is 0 Å². The van der Waals surface area contributed by atoms with E-state index < -0.39 is 0 Å². The molecule has 1 fully saturated rings. The van der Waals surface area contributed by atoms with Gasteiger partial charge in [0.25, 0.3) is 0 Å². The minimum Gasteiger partial charge on any atom is -0.440 e. The molecule has 1 saturated heterocycles. The van der Waals surface area contributed by atoms with Gasteiger partial charge >= 0.3 is 0 Å². The van der Waals surface area contributed by atoms with Crippen LogP contribution >= 0.6 is 0 Å². The summed E-state index contributed by atoms with van der Waals surface area (Å²) in [5.74, 6) is 0.841. The molecule has 1 aliphatic heterocycles. The largest absolute Gasteiger partial charge is 0.440 e. The maximum atomic E-state index is 13.0. The molecule has 1 amide bonds. The lowest BCUT2D eigenvalue weighted by molar-refractivity contribution is -0.131. The predicted octanol–water partition coefficient (Wildman–Crippen LogP) is 4.27. The molecule has 3 aromatic rings. The smallest absolute Gasteiger partial charge is 0.244 e. The van der Waals surface area contributed by atoms with Crippen LogP contribution in [0.2, 0.25) is 0 Å². The van der Waals surface area contributed by atoms with Gasteiger partial charge in [-0.3, -0.25) is 4.79 Å². The Morgan fingerprint density at radius 2 is 1.77 bits per heavy atom. The Balaban J connectivity index is 1.38. The minimum atomic E-state index is -0.306. The van der Waals surface area contributed by atoms with Crippen molar-refractivity contribution < 1.29 is 9.21 Å². The summed E-state index contributed by atoms with van der Waals surface area (Å²) in [6, 6.07) is 15.9. The molecular weight excluding hydrogens is 376 g/mol. The SMILES string of the molecule is C[C@H](Nc1ccc2oc(C(C)(C)C)nc2c1)C(=O)N1CCN(c2ccccc2)CC1. The van der Waals surface area contributed by atoms with E-state index >= 15 is 0 Å². The standard InChI is InChI=1S/C24H30N4O2/c1-17(22(29)28-14-12-27(13-15-28)19-8-6-5-7-9-19)25-18-10-11-21-20(16-18)26-23(30-21)24(2,3)4/h5-11,16-17,25H,12-15H2,1-4H3/t17-/m0/s1. The number of piperazine rings is 1. The molecule has 158 valence electrons. The molecular formula is C24H30N4O2. The zero-order valence-electron chi connectivity index (χ0n) is 18.2. The van der Waals surface area contributed by atoms with Crippen LogP contribution in [0.25, 0.3) is 11.1 Å². The highest BCUT2D eigenvalue weighted by molar-refractivity contribution is 5.86. The Labute approximate surface area is 177 Å². The second-order valence-electron chi connectivity index (χ2n) is 8.97. The van der Waals surface area contributed by atoms with E-state index in [1.54, 1.807) is 0 Å². The van der Waals surface area contributed by atoms with Crippen molar-refractivity contribution in [2.75, 3.05) is 36.4 Å². The number of hydrogen-bond donors (Lipinski definition) is 1. The number of fused-ring (bicyclic) bond motifs is 1. The molecule has 0 aliphatic carbocycles. The molecule has 1 aromatic heterocycles. The predicted molar refractivity (Wildman–Crippen MR) is 121 cm³/mol. The molecule has 1 aliphatic rings. The second kappa shape index (κ2) is 8.01. The summed E-state index contributed by atoms with van der Waals surface area (Å²) in [5.41, 5.74) is 3.52. The number of benzene rings is 2. The molecule has 0 saturated carbocycles. The topological polar surface area (TPSA) is 61.6 Å². The van der Waals surface area contributed by atoms with Gasteiger partial charge in [-0.15, -0.1) is 0 Å². The number of hydrogen-bond acceptors (Lipinski definition) is 5. The summed E-state index contributed by atoms with van der Waals surface area (Å²) in [7, 11) is 0. The van der Waals surface area contributed by atoms with Gasteiger partial charge in [-0.05, 0) is 37.3 Å². The van der Waals surface area contributed by atoms with Crippen LogP contribution in [-0.4, -0.2) is 48.0 Å². The average Bonchev–Trinajstić information content (AvgIpc) is 3.18. The van der Waals surface area contributed by atoms with Gasteiger partial charge < -0.3 is 19.5 Å². The van der Waals surface area contributed by atoms with Crippen LogP contribution in [0.5, 0.6) is 0 Å². The van der Waals surface area contributed by atoms with Gasteiger partial charge in [-0.25, -0.2) is 4.98 Å². The Bertz CT molecular complexity index is 1010. The molecule has 6 nitrogen and oxygen atoms in total. The molecule has 1 N–H and O–H groups in total. The Kier molecular flexibility index (Phi) is 5.41. The van der Waals surface area contributed by atoms with Crippen LogP contribution in [0.1, 0.15) is 33.6 Å². The number of amides is 1. The first-order valence-corrected chi connectivity index (χ1v) is 10.6. The Hall–Kier alpha value is -3.02. The fraction of sp³-hybridized carbons (Fsp3) is 0.417. The Morgan fingerprint density at radius 3 is 2.43 bits per heavy atom. The minimum absolute atomic E-state index is 0.123. The fourth-order valence-corrected chi connectivity index (χ4v) is 3.75. The molecule has 2 heterocycles. The van der Waals surface area contributed by atoms with Crippen molar-refractivity contribution in [1.82, 2.24) is 9.88 Å². The highest BCUT2D eigenvalue weighted by Crippen LogP contribution is 2.27. The van der Waals surface area contributed by atoms with E-state index in [-0.39, 0.29) is 17.4 Å². The van der Waals surface area contributed by atoms with Crippen LogP contribution in [0, 0.1) is 0 Å². The average molecular weight is 407 g/mol. The summed E-state index contributed by atoms with van der Waals surface area (Å²) in [4.78, 5) is 21.8. The number of carbonyl (C=O) groups is 1. The summed E-state index contributed by atoms with van der Waals surface area (Å²) in [6.07, 6.45) is 0. The summed E-state index contributed by atoms with van der Waals surface area (Å²) < 4.78 is 5.86. The number of para-hydroxylation sites is 1. The van der Waals surface area contributed by atoms with Crippen molar-refractivity contribution in [3.8, 4) is 0 Å². The lowest BCUT2D eigenvalue weighted by Gasteiger charge is -2.37. The first-order valence-electron chi connectivity index (χ1n) is 10.6. The molecule has 2 aromatic carbocycles. The molecule has 0 spiro atoms.